The minimum Gasteiger partial charge on any atom is -0.490 e. The zero-order chi connectivity index (χ0) is 21.8. The summed E-state index contributed by atoms with van der Waals surface area (Å²) < 4.78 is 11.2. The van der Waals surface area contributed by atoms with Gasteiger partial charge in [0.25, 0.3) is 0 Å². The standard InChI is InChI=1S/C26H27NO4/c1-17-11-13-19(14-12-17)24-23(18(2)27-21-9-6-10-22(28)25(21)24)26(29)31-16-15-30-20-7-4-3-5-8-20/h3-5,7-8,11-14,23-24H,6,9-10,15-16H2,1-2H3/t23-,24-/m0/s1. The van der Waals surface area contributed by atoms with Crippen LogP contribution in [-0.2, 0) is 14.3 Å². The lowest BCUT2D eigenvalue weighted by molar-refractivity contribution is -0.147. The summed E-state index contributed by atoms with van der Waals surface area (Å²) in [7, 11) is 0. The molecule has 4 rings (SSSR count). The van der Waals surface area contributed by atoms with Crippen molar-refractivity contribution >= 4 is 17.5 Å². The van der Waals surface area contributed by atoms with Crippen molar-refractivity contribution < 1.29 is 19.1 Å². The number of carbonyl (C=O) groups excluding carboxylic acids is 2. The molecule has 2 aromatic rings. The molecule has 0 amide bonds. The second kappa shape index (κ2) is 9.29. The Balaban J connectivity index is 1.54. The van der Waals surface area contributed by atoms with Crippen LogP contribution in [0.2, 0.25) is 0 Å². The molecule has 0 aromatic heterocycles. The highest BCUT2D eigenvalue weighted by Crippen LogP contribution is 2.43. The lowest BCUT2D eigenvalue weighted by Gasteiger charge is -2.34. The molecule has 1 aliphatic carbocycles. The van der Waals surface area contributed by atoms with Crippen molar-refractivity contribution in [3.8, 4) is 5.75 Å². The van der Waals surface area contributed by atoms with Crippen LogP contribution in [0.25, 0.3) is 0 Å². The molecule has 0 saturated carbocycles. The van der Waals surface area contributed by atoms with Gasteiger partial charge in [0.2, 0.25) is 0 Å². The molecule has 0 spiro atoms. The monoisotopic (exact) mass is 417 g/mol. The van der Waals surface area contributed by atoms with Gasteiger partial charge in [-0.15, -0.1) is 0 Å². The summed E-state index contributed by atoms with van der Waals surface area (Å²) in [5, 5.41) is 0. The van der Waals surface area contributed by atoms with Crippen molar-refractivity contribution in [2.45, 2.75) is 39.0 Å². The lowest BCUT2D eigenvalue weighted by atomic mass is 9.71. The number of aliphatic imine (C=N–C) groups is 1. The topological polar surface area (TPSA) is 65.0 Å². The molecule has 160 valence electrons. The van der Waals surface area contributed by atoms with Gasteiger partial charge in [-0.3, -0.25) is 14.6 Å². The first-order valence-electron chi connectivity index (χ1n) is 10.8. The van der Waals surface area contributed by atoms with Gasteiger partial charge in [-0.2, -0.15) is 0 Å². The van der Waals surface area contributed by atoms with E-state index in [-0.39, 0.29) is 30.9 Å². The van der Waals surface area contributed by atoms with Gasteiger partial charge in [0.1, 0.15) is 24.9 Å². The first-order valence-corrected chi connectivity index (χ1v) is 10.8. The number of allylic oxidation sites excluding steroid dienone is 2. The molecule has 5 nitrogen and oxygen atoms in total. The maximum absolute atomic E-state index is 13.2. The number of rotatable bonds is 6. The number of aryl methyl sites for hydroxylation is 1. The number of nitrogens with zero attached hydrogens (tertiary/aromatic N) is 1. The van der Waals surface area contributed by atoms with Gasteiger partial charge in [0, 0.05) is 29.3 Å². The minimum atomic E-state index is -0.611. The van der Waals surface area contributed by atoms with Gasteiger partial charge in [0.15, 0.2) is 5.78 Å². The van der Waals surface area contributed by atoms with E-state index in [1.807, 2.05) is 68.4 Å². The Morgan fingerprint density at radius 2 is 1.74 bits per heavy atom. The Kier molecular flexibility index (Phi) is 6.31. The molecule has 0 saturated heterocycles. The number of esters is 1. The Hall–Kier alpha value is -3.21. The molecule has 0 unspecified atom stereocenters. The van der Waals surface area contributed by atoms with E-state index in [2.05, 4.69) is 4.99 Å². The zero-order valence-corrected chi connectivity index (χ0v) is 18.0. The Morgan fingerprint density at radius 1 is 1.00 bits per heavy atom. The molecule has 1 heterocycles. The van der Waals surface area contributed by atoms with E-state index in [1.54, 1.807) is 0 Å². The predicted molar refractivity (Wildman–Crippen MR) is 119 cm³/mol. The molecule has 0 bridgehead atoms. The third-order valence-electron chi connectivity index (χ3n) is 5.86. The van der Waals surface area contributed by atoms with E-state index in [4.69, 9.17) is 9.47 Å². The molecule has 2 aromatic carbocycles. The second-order valence-electron chi connectivity index (χ2n) is 8.09. The van der Waals surface area contributed by atoms with Crippen LogP contribution in [0.3, 0.4) is 0 Å². The van der Waals surface area contributed by atoms with Crippen LogP contribution < -0.4 is 4.74 Å². The molecule has 0 N–H and O–H groups in total. The van der Waals surface area contributed by atoms with E-state index in [0.717, 1.165) is 35.4 Å². The van der Waals surface area contributed by atoms with E-state index >= 15 is 0 Å². The molecule has 31 heavy (non-hydrogen) atoms. The normalized spacial score (nSPS) is 20.7. The Morgan fingerprint density at radius 3 is 2.48 bits per heavy atom. The van der Waals surface area contributed by atoms with E-state index < -0.39 is 5.92 Å². The number of ketones is 1. The van der Waals surface area contributed by atoms with Crippen LogP contribution in [0.15, 0.2) is 70.9 Å². The van der Waals surface area contributed by atoms with Gasteiger partial charge in [-0.1, -0.05) is 48.0 Å². The van der Waals surface area contributed by atoms with E-state index in [1.165, 1.54) is 0 Å². The summed E-state index contributed by atoms with van der Waals surface area (Å²) in [6.07, 6.45) is 2.08. The SMILES string of the molecule is CC1=NC2=C(C(=O)CCC2)[C@@H](c2ccc(C)cc2)[C@H]1C(=O)OCCOc1ccccc1. The smallest absolute Gasteiger partial charge is 0.315 e. The first-order chi connectivity index (χ1) is 15.0. The molecule has 0 fully saturated rings. The number of para-hydroxylation sites is 1. The average molecular weight is 418 g/mol. The van der Waals surface area contributed by atoms with Crippen molar-refractivity contribution in [2.24, 2.45) is 10.9 Å². The first kappa shape index (κ1) is 21.0. The fourth-order valence-electron chi connectivity index (χ4n) is 4.35. The quantitative estimate of drug-likeness (QED) is 0.500. The van der Waals surface area contributed by atoms with Gasteiger partial charge in [-0.05, 0) is 44.4 Å². The van der Waals surface area contributed by atoms with Crippen LogP contribution in [-0.4, -0.2) is 30.7 Å². The van der Waals surface area contributed by atoms with Crippen LogP contribution in [0.1, 0.15) is 43.2 Å². The lowest BCUT2D eigenvalue weighted by Crippen LogP contribution is -2.37. The summed E-state index contributed by atoms with van der Waals surface area (Å²) in [4.78, 5) is 30.7. The maximum Gasteiger partial charge on any atom is 0.315 e. The third kappa shape index (κ3) is 4.61. The highest BCUT2D eigenvalue weighted by Gasteiger charge is 2.43. The summed E-state index contributed by atoms with van der Waals surface area (Å²) in [5.41, 5.74) is 4.29. The number of hydrogen-bond donors (Lipinski definition) is 0. The molecule has 0 radical (unpaired) electrons. The molecule has 5 heteroatoms. The second-order valence-corrected chi connectivity index (χ2v) is 8.09. The number of carbonyl (C=O) groups is 2. The van der Waals surface area contributed by atoms with Crippen molar-refractivity contribution in [1.29, 1.82) is 0 Å². The predicted octanol–water partition coefficient (Wildman–Crippen LogP) is 4.80. The number of ether oxygens (including phenoxy) is 2. The molecule has 2 aliphatic rings. The average Bonchev–Trinajstić information content (AvgIpc) is 2.77. The van der Waals surface area contributed by atoms with Crippen molar-refractivity contribution in [2.75, 3.05) is 13.2 Å². The van der Waals surface area contributed by atoms with Gasteiger partial charge in [0.05, 0.1) is 0 Å². The maximum atomic E-state index is 13.2. The number of Topliss-reactive ketones (excluding diaryl/α,β-unsaturated/α-hetero) is 1. The highest BCUT2D eigenvalue weighted by molar-refractivity contribution is 6.08. The number of hydrogen-bond acceptors (Lipinski definition) is 5. The van der Waals surface area contributed by atoms with Crippen LogP contribution in [0, 0.1) is 12.8 Å². The summed E-state index contributed by atoms with van der Waals surface area (Å²) in [6, 6.07) is 17.4. The molecular formula is C26H27NO4. The zero-order valence-electron chi connectivity index (χ0n) is 18.0. The summed E-state index contributed by atoms with van der Waals surface area (Å²) >= 11 is 0. The van der Waals surface area contributed by atoms with Gasteiger partial charge < -0.3 is 9.47 Å². The van der Waals surface area contributed by atoms with Crippen LogP contribution in [0.5, 0.6) is 5.75 Å². The van der Waals surface area contributed by atoms with Crippen molar-refractivity contribution in [3.05, 3.63) is 77.0 Å². The largest absolute Gasteiger partial charge is 0.490 e. The van der Waals surface area contributed by atoms with Crippen LogP contribution >= 0.6 is 0 Å². The Bertz CT molecular complexity index is 1020. The van der Waals surface area contributed by atoms with E-state index in [0.29, 0.717) is 17.7 Å². The molecule has 1 aliphatic heterocycles. The summed E-state index contributed by atoms with van der Waals surface area (Å²) in [5.74, 6) is -0.514. The minimum absolute atomic E-state index is 0.0910. The summed E-state index contributed by atoms with van der Waals surface area (Å²) in [6.45, 7) is 4.28. The fraction of sp³-hybridized carbons (Fsp3) is 0.346. The third-order valence-corrected chi connectivity index (χ3v) is 5.86. The number of benzene rings is 2. The van der Waals surface area contributed by atoms with Gasteiger partial charge in [-0.25, -0.2) is 0 Å². The molecule has 2 atom stereocenters. The van der Waals surface area contributed by atoms with E-state index in [9.17, 15) is 9.59 Å². The Labute approximate surface area is 182 Å². The van der Waals surface area contributed by atoms with Crippen LogP contribution in [0.4, 0.5) is 0 Å². The molecular weight excluding hydrogens is 390 g/mol. The highest BCUT2D eigenvalue weighted by atomic mass is 16.6. The van der Waals surface area contributed by atoms with Gasteiger partial charge >= 0.3 is 5.97 Å². The van der Waals surface area contributed by atoms with Crippen molar-refractivity contribution in [1.82, 2.24) is 0 Å². The fourth-order valence-corrected chi connectivity index (χ4v) is 4.35. The van der Waals surface area contributed by atoms with Crippen molar-refractivity contribution in [3.63, 3.8) is 0 Å².